The Morgan fingerprint density at radius 2 is 2.18 bits per heavy atom. The first-order valence-corrected chi connectivity index (χ1v) is 7.96. The lowest BCUT2D eigenvalue weighted by atomic mass is 9.75. The van der Waals surface area contributed by atoms with E-state index >= 15 is 0 Å². The second-order valence-corrected chi connectivity index (χ2v) is 7.16. The van der Waals surface area contributed by atoms with Gasteiger partial charge in [-0.3, -0.25) is 9.59 Å². The fourth-order valence-corrected chi connectivity index (χ4v) is 3.86. The summed E-state index contributed by atoms with van der Waals surface area (Å²) in [5, 5.41) is 10.7. The Labute approximate surface area is 139 Å². The van der Waals surface area contributed by atoms with E-state index in [0.29, 0.717) is 39.8 Å². The van der Waals surface area contributed by atoms with Crippen LogP contribution in [0, 0.1) is 5.41 Å². The number of nitrogens with two attached hydrogens (primary N) is 1. The van der Waals surface area contributed by atoms with Crippen molar-refractivity contribution in [2.24, 2.45) is 11.1 Å². The maximum atomic E-state index is 11.7. The van der Waals surface area contributed by atoms with Gasteiger partial charge in [-0.05, 0) is 47.3 Å². The lowest BCUT2D eigenvalue weighted by molar-refractivity contribution is -0.148. The molecule has 1 atom stereocenters. The first-order valence-electron chi connectivity index (χ1n) is 6.79. The van der Waals surface area contributed by atoms with Crippen LogP contribution < -0.4 is 5.73 Å². The quantitative estimate of drug-likeness (QED) is 0.740. The number of fused-ring (bicyclic) bond motifs is 3. The van der Waals surface area contributed by atoms with Gasteiger partial charge in [0.2, 0.25) is 0 Å². The third-order valence-corrected chi connectivity index (χ3v) is 5.79. The number of carboxylic acids is 1. The van der Waals surface area contributed by atoms with E-state index in [9.17, 15) is 14.7 Å². The number of benzene rings is 1. The van der Waals surface area contributed by atoms with Gasteiger partial charge in [-0.1, -0.05) is 11.6 Å². The number of aryl methyl sites for hydroxylation is 1. The lowest BCUT2D eigenvalue weighted by Gasteiger charge is -2.29. The third-order valence-electron chi connectivity index (χ3n) is 4.44. The summed E-state index contributed by atoms with van der Waals surface area (Å²) in [5.41, 5.74) is 7.39. The minimum Gasteiger partial charge on any atom is -0.481 e. The molecule has 0 radical (unpaired) electrons. The molecule has 1 aliphatic carbocycles. The van der Waals surface area contributed by atoms with Crippen molar-refractivity contribution in [1.29, 1.82) is 0 Å². The second kappa shape index (κ2) is 4.99. The standard InChI is InChI=1S/C15H14BrClN2O3/c1-15(14(21)22)3-2-6-9(5-15)19-12-7(13(18)20)4-8(17)11(16)10(6)12/h4,19H,2-3,5H2,1H3,(H2,18,20)(H,21,22). The highest BCUT2D eigenvalue weighted by Gasteiger charge is 2.39. The van der Waals surface area contributed by atoms with E-state index in [2.05, 4.69) is 20.9 Å². The molecule has 0 saturated carbocycles. The summed E-state index contributed by atoms with van der Waals surface area (Å²) < 4.78 is 0.700. The lowest BCUT2D eigenvalue weighted by Crippen LogP contribution is -2.33. The summed E-state index contributed by atoms with van der Waals surface area (Å²) in [4.78, 5) is 26.3. The smallest absolute Gasteiger partial charge is 0.309 e. The average molecular weight is 386 g/mol. The highest BCUT2D eigenvalue weighted by molar-refractivity contribution is 9.10. The number of H-pyrrole nitrogens is 1. The Kier molecular flexibility index (Phi) is 3.49. The number of primary amides is 1. The first-order chi connectivity index (χ1) is 10.2. The summed E-state index contributed by atoms with van der Waals surface area (Å²) >= 11 is 9.64. The molecular formula is C15H14BrClN2O3. The monoisotopic (exact) mass is 384 g/mol. The van der Waals surface area contributed by atoms with Crippen LogP contribution in [0.3, 0.4) is 0 Å². The molecule has 1 unspecified atom stereocenters. The van der Waals surface area contributed by atoms with Gasteiger partial charge >= 0.3 is 5.97 Å². The summed E-state index contributed by atoms with van der Waals surface area (Å²) in [6.07, 6.45) is 1.52. The van der Waals surface area contributed by atoms with Crippen molar-refractivity contribution in [2.45, 2.75) is 26.2 Å². The van der Waals surface area contributed by atoms with Gasteiger partial charge < -0.3 is 15.8 Å². The number of carbonyl (C=O) groups is 2. The molecule has 2 aromatic rings. The number of hydrogen-bond donors (Lipinski definition) is 3. The Balaban J connectivity index is 2.29. The molecule has 1 aromatic heterocycles. The molecule has 22 heavy (non-hydrogen) atoms. The fourth-order valence-electron chi connectivity index (χ4n) is 3.10. The van der Waals surface area contributed by atoms with Gasteiger partial charge in [0.25, 0.3) is 5.91 Å². The van der Waals surface area contributed by atoms with Crippen molar-refractivity contribution in [2.75, 3.05) is 0 Å². The minimum absolute atomic E-state index is 0.314. The van der Waals surface area contributed by atoms with Gasteiger partial charge in [0.05, 0.1) is 21.5 Å². The Morgan fingerprint density at radius 1 is 1.50 bits per heavy atom. The largest absolute Gasteiger partial charge is 0.481 e. The molecule has 0 bridgehead atoms. The number of aromatic amines is 1. The van der Waals surface area contributed by atoms with Crippen LogP contribution in [0.25, 0.3) is 10.9 Å². The molecule has 3 rings (SSSR count). The van der Waals surface area contributed by atoms with E-state index < -0.39 is 17.3 Å². The Bertz CT molecular complexity index is 830. The number of hydrogen-bond acceptors (Lipinski definition) is 2. The number of aliphatic carboxylic acids is 1. The average Bonchev–Trinajstić information content (AvgIpc) is 2.80. The van der Waals surface area contributed by atoms with E-state index in [1.165, 1.54) is 6.07 Å². The van der Waals surface area contributed by atoms with Crippen LogP contribution >= 0.6 is 27.5 Å². The van der Waals surface area contributed by atoms with Crippen LogP contribution in [-0.2, 0) is 17.6 Å². The van der Waals surface area contributed by atoms with Crippen LogP contribution in [0.2, 0.25) is 5.02 Å². The minimum atomic E-state index is -0.816. The molecule has 116 valence electrons. The summed E-state index contributed by atoms with van der Waals surface area (Å²) in [6, 6.07) is 1.52. The van der Waals surface area contributed by atoms with Gasteiger partial charge in [-0.15, -0.1) is 0 Å². The van der Waals surface area contributed by atoms with Crippen molar-refractivity contribution in [1.82, 2.24) is 4.98 Å². The molecule has 4 N–H and O–H groups in total. The second-order valence-electron chi connectivity index (χ2n) is 5.96. The number of carboxylic acid groups (broad SMARTS) is 1. The molecule has 5 nitrogen and oxygen atoms in total. The van der Waals surface area contributed by atoms with E-state index in [4.69, 9.17) is 17.3 Å². The zero-order chi connectivity index (χ0) is 16.2. The number of nitrogens with one attached hydrogen (secondary N) is 1. The first kappa shape index (κ1) is 15.4. The fraction of sp³-hybridized carbons (Fsp3) is 0.333. The SMILES string of the molecule is CC1(C(=O)O)CCc2c([nH]c3c(C(N)=O)cc(Cl)c(Br)c23)C1. The number of amides is 1. The predicted octanol–water partition coefficient (Wildman–Crippen LogP) is 3.26. The summed E-state index contributed by atoms with van der Waals surface area (Å²) in [6.45, 7) is 1.74. The highest BCUT2D eigenvalue weighted by Crippen LogP contribution is 2.43. The molecule has 0 spiro atoms. The number of rotatable bonds is 2. The van der Waals surface area contributed by atoms with Crippen LogP contribution in [0.4, 0.5) is 0 Å². The van der Waals surface area contributed by atoms with Crippen molar-refractivity contribution < 1.29 is 14.7 Å². The maximum absolute atomic E-state index is 11.7. The Hall–Kier alpha value is -1.53. The molecule has 0 aliphatic heterocycles. The molecule has 1 aliphatic rings. The predicted molar refractivity (Wildman–Crippen MR) is 87.3 cm³/mol. The zero-order valence-corrected chi connectivity index (χ0v) is 14.1. The van der Waals surface area contributed by atoms with Gasteiger partial charge in [0.15, 0.2) is 0 Å². The van der Waals surface area contributed by atoms with E-state index in [1.807, 2.05) is 0 Å². The topological polar surface area (TPSA) is 96.2 Å². The normalized spacial score (nSPS) is 20.9. The maximum Gasteiger partial charge on any atom is 0.309 e. The van der Waals surface area contributed by atoms with Gasteiger partial charge in [0.1, 0.15) is 0 Å². The van der Waals surface area contributed by atoms with E-state index in [-0.39, 0.29) is 0 Å². The van der Waals surface area contributed by atoms with Gasteiger partial charge in [-0.25, -0.2) is 0 Å². The Morgan fingerprint density at radius 3 is 2.77 bits per heavy atom. The molecule has 1 amide bonds. The van der Waals surface area contributed by atoms with Crippen molar-refractivity contribution in [3.8, 4) is 0 Å². The summed E-state index contributed by atoms with van der Waals surface area (Å²) in [7, 11) is 0. The molecule has 0 fully saturated rings. The number of halogens is 2. The van der Waals surface area contributed by atoms with Crippen LogP contribution in [-0.4, -0.2) is 22.0 Å². The van der Waals surface area contributed by atoms with Gasteiger partial charge in [0, 0.05) is 22.0 Å². The molecule has 1 heterocycles. The molecule has 1 aromatic carbocycles. The van der Waals surface area contributed by atoms with Crippen molar-refractivity contribution >= 4 is 50.3 Å². The third kappa shape index (κ3) is 2.13. The van der Waals surface area contributed by atoms with Gasteiger partial charge in [-0.2, -0.15) is 0 Å². The van der Waals surface area contributed by atoms with E-state index in [0.717, 1.165) is 16.6 Å². The molecular weight excluding hydrogens is 372 g/mol. The zero-order valence-electron chi connectivity index (χ0n) is 11.8. The van der Waals surface area contributed by atoms with Crippen molar-refractivity contribution in [3.05, 3.63) is 32.4 Å². The molecule has 0 saturated heterocycles. The number of carbonyl (C=O) groups excluding carboxylic acids is 1. The van der Waals surface area contributed by atoms with Crippen molar-refractivity contribution in [3.63, 3.8) is 0 Å². The number of aromatic nitrogens is 1. The summed E-state index contributed by atoms with van der Waals surface area (Å²) in [5.74, 6) is -1.39. The van der Waals surface area contributed by atoms with E-state index in [1.54, 1.807) is 6.92 Å². The highest BCUT2D eigenvalue weighted by atomic mass is 79.9. The van der Waals surface area contributed by atoms with Crippen LogP contribution in [0.1, 0.15) is 35.0 Å². The molecule has 7 heteroatoms. The van der Waals surface area contributed by atoms with Crippen LogP contribution in [0.15, 0.2) is 10.5 Å². The van der Waals surface area contributed by atoms with Crippen LogP contribution in [0.5, 0.6) is 0 Å².